The first kappa shape index (κ1) is 19.8. The normalized spacial score (nSPS) is 18.1. The highest BCUT2D eigenvalue weighted by Crippen LogP contribution is 2.38. The van der Waals surface area contributed by atoms with E-state index in [1.165, 1.54) is 18.2 Å². The minimum Gasteiger partial charge on any atom is -0.323 e. The summed E-state index contributed by atoms with van der Waals surface area (Å²) in [6, 6.07) is 11.8. The van der Waals surface area contributed by atoms with E-state index >= 15 is 0 Å². The molecule has 0 aliphatic carbocycles. The number of hydrogen-bond donors (Lipinski definition) is 1. The number of thiazole rings is 1. The Hall–Kier alpha value is -2.55. The lowest BCUT2D eigenvalue weighted by molar-refractivity contribution is -0.384. The highest BCUT2D eigenvalue weighted by molar-refractivity contribution is 7.18. The fourth-order valence-corrected chi connectivity index (χ4v) is 5.00. The van der Waals surface area contributed by atoms with Crippen LogP contribution in [0, 0.1) is 10.1 Å². The number of carbonyl (C=O) groups excluding carboxylic acids is 1. The Labute approximate surface area is 176 Å². The molecule has 7 nitrogen and oxygen atoms in total. The van der Waals surface area contributed by atoms with Crippen LogP contribution < -0.4 is 5.32 Å². The SMILES string of the molecule is CC(C(=O)Nc1ccc([N+](=O)[O-])cc1Cl)N1CCCC1c1nc2ccccc2s1. The topological polar surface area (TPSA) is 88.4 Å². The number of halogens is 1. The highest BCUT2D eigenvalue weighted by atomic mass is 35.5. The van der Waals surface area contributed by atoms with E-state index in [4.69, 9.17) is 16.6 Å². The van der Waals surface area contributed by atoms with Crippen LogP contribution in [-0.4, -0.2) is 33.3 Å². The quantitative estimate of drug-likeness (QED) is 0.453. The van der Waals surface area contributed by atoms with Gasteiger partial charge in [-0.1, -0.05) is 23.7 Å². The van der Waals surface area contributed by atoms with Gasteiger partial charge >= 0.3 is 0 Å². The van der Waals surface area contributed by atoms with E-state index in [2.05, 4.69) is 16.3 Å². The Kier molecular flexibility index (Phi) is 5.49. The molecule has 1 saturated heterocycles. The molecule has 1 amide bonds. The first-order valence-electron chi connectivity index (χ1n) is 9.30. The van der Waals surface area contributed by atoms with Crippen LogP contribution in [0.25, 0.3) is 10.2 Å². The number of nitrogens with one attached hydrogen (secondary N) is 1. The van der Waals surface area contributed by atoms with Crippen molar-refractivity contribution in [1.82, 2.24) is 9.88 Å². The summed E-state index contributed by atoms with van der Waals surface area (Å²) < 4.78 is 1.14. The Morgan fingerprint density at radius 2 is 2.17 bits per heavy atom. The van der Waals surface area contributed by atoms with Crippen molar-refractivity contribution in [2.75, 3.05) is 11.9 Å². The van der Waals surface area contributed by atoms with Gasteiger partial charge in [0, 0.05) is 12.1 Å². The van der Waals surface area contributed by atoms with Crippen LogP contribution in [-0.2, 0) is 4.79 Å². The molecule has 2 aromatic carbocycles. The second kappa shape index (κ2) is 8.06. The third kappa shape index (κ3) is 3.96. The van der Waals surface area contributed by atoms with Gasteiger partial charge in [0.25, 0.3) is 5.69 Å². The zero-order chi connectivity index (χ0) is 20.5. The number of non-ortho nitro benzene ring substituents is 1. The standard InChI is InChI=1S/C20H19ClN4O3S/c1-12(19(26)22-15-9-8-13(25(27)28)11-14(15)21)24-10-4-6-17(24)20-23-16-5-2-3-7-18(16)29-20/h2-3,5,7-9,11-12,17H,4,6,10H2,1H3,(H,22,26). The molecule has 1 aliphatic heterocycles. The maximum atomic E-state index is 12.9. The Balaban J connectivity index is 1.51. The molecule has 1 N–H and O–H groups in total. The van der Waals surface area contributed by atoms with E-state index in [0.717, 1.165) is 34.6 Å². The first-order valence-corrected chi connectivity index (χ1v) is 10.5. The minimum absolute atomic E-state index is 0.0977. The molecule has 2 unspecified atom stereocenters. The molecular weight excluding hydrogens is 412 g/mol. The number of likely N-dealkylation sites (tertiary alicyclic amines) is 1. The molecule has 0 saturated carbocycles. The second-order valence-corrected chi connectivity index (χ2v) is 8.47. The minimum atomic E-state index is -0.521. The molecule has 29 heavy (non-hydrogen) atoms. The average Bonchev–Trinajstić information content (AvgIpc) is 3.35. The van der Waals surface area contributed by atoms with E-state index in [0.29, 0.717) is 5.69 Å². The number of fused-ring (bicyclic) bond motifs is 1. The van der Waals surface area contributed by atoms with Gasteiger partial charge in [-0.2, -0.15) is 0 Å². The van der Waals surface area contributed by atoms with E-state index < -0.39 is 4.92 Å². The number of nitro groups is 1. The third-order valence-electron chi connectivity index (χ3n) is 5.19. The maximum absolute atomic E-state index is 12.9. The van der Waals surface area contributed by atoms with Gasteiger partial charge < -0.3 is 5.32 Å². The molecule has 1 aliphatic rings. The van der Waals surface area contributed by atoms with Gasteiger partial charge in [0.15, 0.2) is 0 Å². The van der Waals surface area contributed by atoms with Crippen molar-refractivity contribution in [2.24, 2.45) is 0 Å². The lowest BCUT2D eigenvalue weighted by atomic mass is 10.2. The van der Waals surface area contributed by atoms with Crippen LogP contribution in [0.4, 0.5) is 11.4 Å². The number of nitro benzene ring substituents is 1. The molecule has 1 fully saturated rings. The predicted octanol–water partition coefficient (Wildman–Crippen LogP) is 5.02. The van der Waals surface area contributed by atoms with Gasteiger partial charge in [0.1, 0.15) is 5.01 Å². The van der Waals surface area contributed by atoms with Gasteiger partial charge in [-0.15, -0.1) is 11.3 Å². The number of aromatic nitrogens is 1. The summed E-state index contributed by atoms with van der Waals surface area (Å²) in [4.78, 5) is 30.1. The highest BCUT2D eigenvalue weighted by Gasteiger charge is 2.35. The summed E-state index contributed by atoms with van der Waals surface area (Å²) in [7, 11) is 0. The number of hydrogen-bond acceptors (Lipinski definition) is 6. The zero-order valence-corrected chi connectivity index (χ0v) is 17.2. The monoisotopic (exact) mass is 430 g/mol. The number of para-hydroxylation sites is 1. The Morgan fingerprint density at radius 1 is 1.38 bits per heavy atom. The third-order valence-corrected chi connectivity index (χ3v) is 6.64. The zero-order valence-electron chi connectivity index (χ0n) is 15.7. The number of benzene rings is 2. The molecule has 1 aromatic heterocycles. The van der Waals surface area contributed by atoms with E-state index in [9.17, 15) is 14.9 Å². The summed E-state index contributed by atoms with van der Waals surface area (Å²) in [6.45, 7) is 2.67. The molecule has 2 atom stereocenters. The molecule has 4 rings (SSSR count). The molecule has 9 heteroatoms. The van der Waals surface area contributed by atoms with Gasteiger partial charge in [-0.05, 0) is 44.5 Å². The first-order chi connectivity index (χ1) is 13.9. The number of amides is 1. The Morgan fingerprint density at radius 3 is 2.90 bits per heavy atom. The van der Waals surface area contributed by atoms with Gasteiger partial charge in [-0.25, -0.2) is 4.98 Å². The second-order valence-electron chi connectivity index (χ2n) is 7.00. The molecule has 0 radical (unpaired) electrons. The van der Waals surface area contributed by atoms with Crippen LogP contribution in [0.5, 0.6) is 0 Å². The van der Waals surface area contributed by atoms with E-state index in [1.807, 2.05) is 25.1 Å². The van der Waals surface area contributed by atoms with Crippen molar-refractivity contribution in [1.29, 1.82) is 0 Å². The van der Waals surface area contributed by atoms with Gasteiger partial charge in [0.05, 0.1) is 37.9 Å². The van der Waals surface area contributed by atoms with Crippen LogP contribution >= 0.6 is 22.9 Å². The number of anilines is 1. The maximum Gasteiger partial charge on any atom is 0.271 e. The summed E-state index contributed by atoms with van der Waals surface area (Å²) in [6.07, 6.45) is 1.95. The summed E-state index contributed by atoms with van der Waals surface area (Å²) in [5.74, 6) is -0.200. The van der Waals surface area contributed by atoms with Crippen LogP contribution in [0.2, 0.25) is 5.02 Å². The van der Waals surface area contributed by atoms with Crippen LogP contribution in [0.3, 0.4) is 0 Å². The molecule has 3 aromatic rings. The van der Waals surface area contributed by atoms with Crippen molar-refractivity contribution < 1.29 is 9.72 Å². The fourth-order valence-electron chi connectivity index (χ4n) is 3.66. The Bertz CT molecular complexity index is 1050. The number of nitrogens with zero attached hydrogens (tertiary/aromatic N) is 3. The smallest absolute Gasteiger partial charge is 0.271 e. The van der Waals surface area contributed by atoms with Crippen molar-refractivity contribution in [2.45, 2.75) is 31.8 Å². The van der Waals surface area contributed by atoms with Crippen LogP contribution in [0.15, 0.2) is 42.5 Å². The number of carbonyl (C=O) groups is 1. The predicted molar refractivity (Wildman–Crippen MR) is 114 cm³/mol. The van der Waals surface area contributed by atoms with Gasteiger partial charge in [-0.3, -0.25) is 19.8 Å². The average molecular weight is 431 g/mol. The number of rotatable bonds is 5. The summed E-state index contributed by atoms with van der Waals surface area (Å²) in [5.41, 5.74) is 1.23. The van der Waals surface area contributed by atoms with Crippen molar-refractivity contribution in [3.8, 4) is 0 Å². The molecule has 0 bridgehead atoms. The van der Waals surface area contributed by atoms with Gasteiger partial charge in [0.2, 0.25) is 5.91 Å². The van der Waals surface area contributed by atoms with Crippen molar-refractivity contribution in [3.63, 3.8) is 0 Å². The molecule has 0 spiro atoms. The van der Waals surface area contributed by atoms with E-state index in [1.54, 1.807) is 11.3 Å². The molecular formula is C20H19ClN4O3S. The van der Waals surface area contributed by atoms with Crippen LogP contribution in [0.1, 0.15) is 30.8 Å². The molecule has 150 valence electrons. The lowest BCUT2D eigenvalue weighted by Gasteiger charge is -2.28. The van der Waals surface area contributed by atoms with E-state index in [-0.39, 0.29) is 28.7 Å². The fraction of sp³-hybridized carbons (Fsp3) is 0.300. The molecule has 2 heterocycles. The largest absolute Gasteiger partial charge is 0.323 e. The van der Waals surface area contributed by atoms with Crippen molar-refractivity contribution >= 4 is 50.4 Å². The van der Waals surface area contributed by atoms with Crippen molar-refractivity contribution in [3.05, 3.63) is 62.6 Å². The summed E-state index contributed by atoms with van der Waals surface area (Å²) in [5, 5.41) is 14.8. The lowest BCUT2D eigenvalue weighted by Crippen LogP contribution is -2.41. The summed E-state index contributed by atoms with van der Waals surface area (Å²) >= 11 is 7.78.